The second-order valence-corrected chi connectivity index (χ2v) is 7.62. The minimum Gasteiger partial charge on any atom is -0.480 e. The maximum atomic E-state index is 13.4. The average Bonchev–Trinajstić information content (AvgIpc) is 3.21. The molecule has 3 aromatic heterocycles. The molecular weight excluding hydrogens is 418 g/mol. The summed E-state index contributed by atoms with van der Waals surface area (Å²) in [5.74, 6) is 0.0517. The Morgan fingerprint density at radius 3 is 2.83 bits per heavy atom. The van der Waals surface area contributed by atoms with Crippen molar-refractivity contribution in [2.45, 2.75) is 25.7 Å². The van der Waals surface area contributed by atoms with Crippen LogP contribution in [0.2, 0.25) is 5.02 Å². The molecule has 1 fully saturated rings. The van der Waals surface area contributed by atoms with Crippen molar-refractivity contribution >= 4 is 23.3 Å². The maximum absolute atomic E-state index is 13.4. The number of rotatable bonds is 4. The quantitative estimate of drug-likeness (QED) is 0.623. The first kappa shape index (κ1) is 20.4. The molecule has 1 amide bonds. The summed E-state index contributed by atoms with van der Waals surface area (Å²) in [4.78, 5) is 26.6. The first-order valence-corrected chi connectivity index (χ1v) is 9.74. The van der Waals surface area contributed by atoms with Crippen molar-refractivity contribution in [1.29, 1.82) is 0 Å². The molecule has 0 saturated carbocycles. The minimum atomic E-state index is -2.73. The highest BCUT2D eigenvalue weighted by Crippen LogP contribution is 2.34. The van der Waals surface area contributed by atoms with Gasteiger partial charge in [-0.3, -0.25) is 4.79 Å². The van der Waals surface area contributed by atoms with Gasteiger partial charge in [-0.05, 0) is 24.5 Å². The number of alkyl halides is 2. The second-order valence-electron chi connectivity index (χ2n) is 7.22. The van der Waals surface area contributed by atoms with Gasteiger partial charge in [0.1, 0.15) is 17.0 Å². The molecule has 2 atom stereocenters. The van der Waals surface area contributed by atoms with E-state index in [4.69, 9.17) is 16.3 Å². The molecule has 0 aromatic carbocycles. The number of pyridine rings is 1. The molecule has 1 saturated heterocycles. The Hall–Kier alpha value is -2.88. The molecule has 1 aliphatic heterocycles. The molecule has 1 aliphatic rings. The van der Waals surface area contributed by atoms with E-state index >= 15 is 0 Å². The zero-order valence-corrected chi connectivity index (χ0v) is 17.1. The molecule has 4 rings (SSSR count). The average molecular weight is 437 g/mol. The molecule has 3 aromatic rings. The van der Waals surface area contributed by atoms with Crippen LogP contribution < -0.4 is 4.74 Å². The van der Waals surface area contributed by atoms with Crippen molar-refractivity contribution in [2.75, 3.05) is 20.2 Å². The van der Waals surface area contributed by atoms with Crippen molar-refractivity contribution in [3.63, 3.8) is 0 Å². The molecule has 0 N–H and O–H groups in total. The zero-order valence-electron chi connectivity index (χ0n) is 16.3. The summed E-state index contributed by atoms with van der Waals surface area (Å²) in [7, 11) is 1.44. The van der Waals surface area contributed by atoms with Gasteiger partial charge >= 0.3 is 0 Å². The number of hydrogen-bond acceptors (Lipinski definition) is 6. The van der Waals surface area contributed by atoms with Crippen LogP contribution in [0.3, 0.4) is 0 Å². The molecular formula is C19H19ClF2N6O2. The van der Waals surface area contributed by atoms with Crippen LogP contribution in [0, 0.1) is 5.92 Å². The zero-order chi connectivity index (χ0) is 21.4. The van der Waals surface area contributed by atoms with E-state index in [0.29, 0.717) is 30.8 Å². The summed E-state index contributed by atoms with van der Waals surface area (Å²) >= 11 is 6.11. The van der Waals surface area contributed by atoms with Crippen molar-refractivity contribution in [1.82, 2.24) is 29.5 Å². The largest absolute Gasteiger partial charge is 0.480 e. The Bertz CT molecular complexity index is 1090. The fraction of sp³-hybridized carbons (Fsp3) is 0.421. The fourth-order valence-electron chi connectivity index (χ4n) is 3.74. The van der Waals surface area contributed by atoms with E-state index in [1.807, 2.05) is 6.92 Å². The lowest BCUT2D eigenvalue weighted by molar-refractivity contribution is 0.0665. The lowest BCUT2D eigenvalue weighted by Crippen LogP contribution is -2.42. The van der Waals surface area contributed by atoms with Crippen LogP contribution in [-0.2, 0) is 0 Å². The van der Waals surface area contributed by atoms with E-state index in [1.165, 1.54) is 36.3 Å². The Balaban J connectivity index is 1.66. The number of fused-ring (bicyclic) bond motifs is 1. The number of piperidine rings is 1. The van der Waals surface area contributed by atoms with Crippen LogP contribution >= 0.6 is 11.6 Å². The number of ether oxygens (including phenoxy) is 1. The topological polar surface area (TPSA) is 85.5 Å². The molecule has 4 heterocycles. The van der Waals surface area contributed by atoms with Crippen molar-refractivity contribution in [2.24, 2.45) is 5.92 Å². The molecule has 0 spiro atoms. The Morgan fingerprint density at radius 1 is 1.33 bits per heavy atom. The number of nitrogens with zero attached hydrogens (tertiary/aromatic N) is 6. The van der Waals surface area contributed by atoms with E-state index < -0.39 is 6.43 Å². The summed E-state index contributed by atoms with van der Waals surface area (Å²) < 4.78 is 33.2. The van der Waals surface area contributed by atoms with Crippen molar-refractivity contribution < 1.29 is 18.3 Å². The predicted octanol–water partition coefficient (Wildman–Crippen LogP) is 3.38. The van der Waals surface area contributed by atoms with Gasteiger partial charge in [-0.15, -0.1) is 0 Å². The third-order valence-electron chi connectivity index (χ3n) is 5.40. The lowest BCUT2D eigenvalue weighted by atomic mass is 9.84. The van der Waals surface area contributed by atoms with Crippen LogP contribution in [0.4, 0.5) is 8.78 Å². The van der Waals surface area contributed by atoms with E-state index in [0.717, 1.165) is 0 Å². The first-order valence-electron chi connectivity index (χ1n) is 9.36. The van der Waals surface area contributed by atoms with Gasteiger partial charge in [0, 0.05) is 25.2 Å². The van der Waals surface area contributed by atoms with Gasteiger partial charge in [0.25, 0.3) is 18.1 Å². The fourth-order valence-corrected chi connectivity index (χ4v) is 3.99. The highest BCUT2D eigenvalue weighted by Gasteiger charge is 2.33. The maximum Gasteiger partial charge on any atom is 0.280 e. The number of halogens is 3. The van der Waals surface area contributed by atoms with Gasteiger partial charge in [0.2, 0.25) is 5.88 Å². The van der Waals surface area contributed by atoms with E-state index in [1.54, 1.807) is 4.90 Å². The summed E-state index contributed by atoms with van der Waals surface area (Å²) in [6, 6.07) is 2.87. The highest BCUT2D eigenvalue weighted by atomic mass is 35.5. The van der Waals surface area contributed by atoms with Gasteiger partial charge < -0.3 is 9.64 Å². The molecule has 11 heteroatoms. The minimum absolute atomic E-state index is 0.115. The number of carbonyl (C=O) groups excluding carboxylic acids is 1. The van der Waals surface area contributed by atoms with Gasteiger partial charge in [-0.25, -0.2) is 23.3 Å². The van der Waals surface area contributed by atoms with Crippen LogP contribution in [-0.4, -0.2) is 55.6 Å². The number of carbonyl (C=O) groups is 1. The van der Waals surface area contributed by atoms with Gasteiger partial charge in [0.05, 0.1) is 18.4 Å². The number of methoxy groups -OCH3 is 1. The third-order valence-corrected chi connectivity index (χ3v) is 5.67. The van der Waals surface area contributed by atoms with Gasteiger partial charge in [0.15, 0.2) is 0 Å². The number of hydrogen-bond donors (Lipinski definition) is 0. The molecule has 0 bridgehead atoms. The van der Waals surface area contributed by atoms with Crippen LogP contribution in [0.5, 0.6) is 5.88 Å². The standard InChI is InChI=1S/C19H19ClF2N6O2/c1-10-3-4-27(18(29)11-5-13(20)17(30-2)23-7-11)8-12(10)15-6-14(16(21)22)26-19-24-9-25-28(15)19/h5-7,9-10,12,16H,3-4,8H2,1-2H3/t10-,12-/m1/s1. The molecule has 8 nitrogen and oxygen atoms in total. The van der Waals surface area contributed by atoms with Crippen LogP contribution in [0.15, 0.2) is 24.7 Å². The number of likely N-dealkylation sites (tertiary alicyclic amines) is 1. The number of aromatic nitrogens is 5. The van der Waals surface area contributed by atoms with Crippen molar-refractivity contribution in [3.8, 4) is 5.88 Å². The van der Waals surface area contributed by atoms with Gasteiger partial charge in [-0.2, -0.15) is 10.1 Å². The summed E-state index contributed by atoms with van der Waals surface area (Å²) in [6.45, 7) is 2.91. The molecule has 30 heavy (non-hydrogen) atoms. The summed E-state index contributed by atoms with van der Waals surface area (Å²) in [5.41, 5.74) is 0.541. The normalized spacial score (nSPS) is 19.5. The van der Waals surface area contributed by atoms with Crippen LogP contribution in [0.1, 0.15) is 47.4 Å². The monoisotopic (exact) mass is 436 g/mol. The van der Waals surface area contributed by atoms with E-state index in [2.05, 4.69) is 20.1 Å². The predicted molar refractivity (Wildman–Crippen MR) is 104 cm³/mol. The molecule has 158 valence electrons. The highest BCUT2D eigenvalue weighted by molar-refractivity contribution is 6.32. The smallest absolute Gasteiger partial charge is 0.280 e. The molecule has 0 aliphatic carbocycles. The van der Waals surface area contributed by atoms with Gasteiger partial charge in [-0.1, -0.05) is 18.5 Å². The summed E-state index contributed by atoms with van der Waals surface area (Å²) in [5, 5.41) is 4.38. The van der Waals surface area contributed by atoms with E-state index in [9.17, 15) is 13.6 Å². The van der Waals surface area contributed by atoms with E-state index in [-0.39, 0.29) is 40.1 Å². The number of amides is 1. The third kappa shape index (κ3) is 3.67. The van der Waals surface area contributed by atoms with Crippen LogP contribution in [0.25, 0.3) is 5.78 Å². The van der Waals surface area contributed by atoms with Crippen molar-refractivity contribution in [3.05, 3.63) is 46.6 Å². The Morgan fingerprint density at radius 2 is 2.13 bits per heavy atom. The molecule has 0 unspecified atom stereocenters. The molecule has 0 radical (unpaired) electrons. The lowest BCUT2D eigenvalue weighted by Gasteiger charge is -2.37. The second kappa shape index (κ2) is 8.10. The summed E-state index contributed by atoms with van der Waals surface area (Å²) in [6.07, 6.45) is 0.671. The first-order chi connectivity index (χ1) is 14.4. The Kier molecular flexibility index (Phi) is 5.50. The SMILES string of the molecule is COc1ncc(C(=O)N2CC[C@@H](C)[C@H](c3cc(C(F)F)nc4ncnn34)C2)cc1Cl. The Labute approximate surface area is 175 Å².